The Hall–Kier alpha value is -6.58. The molecule has 2 aliphatic heterocycles. The number of aromatic amines is 1. The van der Waals surface area contributed by atoms with Crippen molar-refractivity contribution in [3.63, 3.8) is 0 Å². The number of carbonyl (C=O) groups is 4. The number of nitrogens with one attached hydrogen (secondary N) is 4. The highest BCUT2D eigenvalue weighted by molar-refractivity contribution is 6.14. The first-order chi connectivity index (χ1) is 28.1. The fourth-order valence-corrected chi connectivity index (χ4v) is 8.33. The zero-order valence-electron chi connectivity index (χ0n) is 32.8. The number of fused-ring (bicyclic) bond motifs is 4. The van der Waals surface area contributed by atoms with Crippen LogP contribution < -0.4 is 20.7 Å². The summed E-state index contributed by atoms with van der Waals surface area (Å²) in [4.78, 5) is 65.8. The van der Waals surface area contributed by atoms with Crippen LogP contribution in [0.2, 0.25) is 0 Å². The number of rotatable bonds is 13. The van der Waals surface area contributed by atoms with E-state index in [0.29, 0.717) is 78.7 Å². The summed E-state index contributed by atoms with van der Waals surface area (Å²) in [5.74, 6) is 1.66. The third-order valence-electron chi connectivity index (χ3n) is 11.5. The minimum atomic E-state index is -0.662. The molecule has 1 unspecified atom stereocenters. The Labute approximate surface area is 333 Å². The zero-order chi connectivity index (χ0) is 40.2. The molecule has 4 N–H and O–H groups in total. The number of amides is 4. The van der Waals surface area contributed by atoms with Gasteiger partial charge in [0, 0.05) is 60.1 Å². The number of benzene rings is 2. The van der Waals surface area contributed by atoms with E-state index < -0.39 is 17.9 Å². The smallest absolute Gasteiger partial charge is 0.289 e. The van der Waals surface area contributed by atoms with Gasteiger partial charge in [-0.25, -0.2) is 14.6 Å². The maximum absolute atomic E-state index is 13.7. The molecule has 298 valence electrons. The summed E-state index contributed by atoms with van der Waals surface area (Å²) in [7, 11) is 1.63. The van der Waals surface area contributed by atoms with Crippen LogP contribution in [0.3, 0.4) is 0 Å². The van der Waals surface area contributed by atoms with Crippen molar-refractivity contribution in [3.8, 4) is 16.9 Å². The monoisotopic (exact) mass is 784 g/mol. The molecule has 6 heterocycles. The molecular weight excluding hydrogens is 741 g/mol. The number of aromatic nitrogens is 6. The second-order valence-electron chi connectivity index (χ2n) is 15.3. The van der Waals surface area contributed by atoms with Gasteiger partial charge >= 0.3 is 0 Å². The number of hydrogen-bond donors (Lipinski definition) is 4. The lowest BCUT2D eigenvalue weighted by molar-refractivity contribution is -0.136. The van der Waals surface area contributed by atoms with Crippen molar-refractivity contribution in [2.24, 2.45) is 0 Å². The summed E-state index contributed by atoms with van der Waals surface area (Å²) in [5.41, 5.74) is 7.23. The van der Waals surface area contributed by atoms with Crippen molar-refractivity contribution in [3.05, 3.63) is 76.1 Å². The maximum atomic E-state index is 13.7. The fourth-order valence-electron chi connectivity index (χ4n) is 8.33. The van der Waals surface area contributed by atoms with Crippen LogP contribution in [-0.2, 0) is 29.1 Å². The molecule has 1 saturated heterocycles. The molecule has 4 aromatic heterocycles. The Morgan fingerprint density at radius 2 is 1.90 bits per heavy atom. The van der Waals surface area contributed by atoms with Gasteiger partial charge in [-0.15, -0.1) is 0 Å². The number of imide groups is 1. The van der Waals surface area contributed by atoms with Crippen LogP contribution in [0.1, 0.15) is 101 Å². The molecule has 0 spiro atoms. The Morgan fingerprint density at radius 3 is 2.64 bits per heavy atom. The first-order valence-electron chi connectivity index (χ1n) is 19.8. The van der Waals surface area contributed by atoms with Crippen molar-refractivity contribution < 1.29 is 28.4 Å². The molecule has 6 aromatic rings. The number of anilines is 2. The highest BCUT2D eigenvalue weighted by Gasteiger charge is 2.39. The molecule has 4 amide bonds. The van der Waals surface area contributed by atoms with E-state index in [1.807, 2.05) is 49.7 Å². The quantitative estimate of drug-likeness (QED) is 0.0822. The maximum Gasteiger partial charge on any atom is 0.289 e. The number of unbranched alkanes of at least 4 members (excludes halogenated alkanes) is 1. The van der Waals surface area contributed by atoms with Crippen molar-refractivity contribution in [1.82, 2.24) is 45.4 Å². The SMILES string of the molecule is CCn1nc(C2CC2)cc1Nc1nc(C(=O)NCCCCc2cccc3c2CN(C2CCC(=O)NC2=O)C3=O)nc2[nH]c3cc(-c4c(C)noc4C)c(OC)cc3c12. The van der Waals surface area contributed by atoms with Crippen LogP contribution >= 0.6 is 0 Å². The number of carbonyl (C=O) groups excluding carboxylic acids is 4. The van der Waals surface area contributed by atoms with Crippen LogP contribution in [0.25, 0.3) is 33.1 Å². The molecule has 16 nitrogen and oxygen atoms in total. The Kier molecular flexibility index (Phi) is 9.41. The Morgan fingerprint density at radius 1 is 1.05 bits per heavy atom. The first-order valence-corrected chi connectivity index (χ1v) is 19.8. The Bertz CT molecular complexity index is 2630. The van der Waals surface area contributed by atoms with Crippen molar-refractivity contribution in [1.29, 1.82) is 0 Å². The molecule has 1 atom stereocenters. The molecule has 16 heteroatoms. The molecule has 1 aliphatic carbocycles. The molecule has 1 saturated carbocycles. The van der Waals surface area contributed by atoms with Gasteiger partial charge in [-0.1, -0.05) is 17.3 Å². The van der Waals surface area contributed by atoms with E-state index in [9.17, 15) is 19.2 Å². The van der Waals surface area contributed by atoms with E-state index in [0.717, 1.165) is 69.6 Å². The van der Waals surface area contributed by atoms with Gasteiger partial charge in [0.05, 0.1) is 29.4 Å². The third kappa shape index (κ3) is 6.61. The van der Waals surface area contributed by atoms with Crippen LogP contribution in [0, 0.1) is 13.8 Å². The van der Waals surface area contributed by atoms with Gasteiger partial charge in [0.25, 0.3) is 11.8 Å². The summed E-state index contributed by atoms with van der Waals surface area (Å²) < 4.78 is 13.3. The van der Waals surface area contributed by atoms with Crippen molar-refractivity contribution in [2.45, 2.75) is 90.8 Å². The number of aryl methyl sites for hydroxylation is 4. The molecule has 3 aliphatic rings. The summed E-state index contributed by atoms with van der Waals surface area (Å²) in [5, 5.41) is 19.4. The number of ether oxygens (including phenoxy) is 1. The van der Waals surface area contributed by atoms with Gasteiger partial charge in [-0.2, -0.15) is 5.10 Å². The van der Waals surface area contributed by atoms with Crippen LogP contribution in [0.15, 0.2) is 40.9 Å². The molecule has 0 bridgehead atoms. The average Bonchev–Trinajstić information content (AvgIpc) is 3.59. The first kappa shape index (κ1) is 37.0. The summed E-state index contributed by atoms with van der Waals surface area (Å²) in [6, 6.07) is 11.0. The van der Waals surface area contributed by atoms with Crippen molar-refractivity contribution >= 4 is 57.2 Å². The van der Waals surface area contributed by atoms with Gasteiger partial charge in [-0.05, 0) is 88.6 Å². The predicted octanol–water partition coefficient (Wildman–Crippen LogP) is 5.74. The lowest BCUT2D eigenvalue weighted by Gasteiger charge is -2.29. The highest BCUT2D eigenvalue weighted by Crippen LogP contribution is 2.43. The second kappa shape index (κ2) is 14.7. The minimum absolute atomic E-state index is 0.0115. The van der Waals surface area contributed by atoms with Gasteiger partial charge in [0.1, 0.15) is 34.8 Å². The largest absolute Gasteiger partial charge is 0.496 e. The van der Waals surface area contributed by atoms with Crippen LogP contribution in [0.4, 0.5) is 11.6 Å². The van der Waals surface area contributed by atoms with E-state index in [-0.39, 0.29) is 24.1 Å². The van der Waals surface area contributed by atoms with E-state index in [1.54, 1.807) is 18.1 Å². The fraction of sp³-hybridized carbons (Fsp3) is 0.381. The van der Waals surface area contributed by atoms with E-state index >= 15 is 0 Å². The van der Waals surface area contributed by atoms with Crippen molar-refractivity contribution in [2.75, 3.05) is 19.0 Å². The van der Waals surface area contributed by atoms with E-state index in [4.69, 9.17) is 24.3 Å². The third-order valence-corrected chi connectivity index (χ3v) is 11.5. The number of methoxy groups -OCH3 is 1. The lowest BCUT2D eigenvalue weighted by atomic mass is 9.99. The van der Waals surface area contributed by atoms with Gasteiger partial charge in [0.2, 0.25) is 17.6 Å². The van der Waals surface area contributed by atoms with Crippen LogP contribution in [-0.4, -0.2) is 78.1 Å². The van der Waals surface area contributed by atoms with Gasteiger partial charge in [-0.3, -0.25) is 24.5 Å². The average molecular weight is 785 g/mol. The lowest BCUT2D eigenvalue weighted by Crippen LogP contribution is -2.52. The van der Waals surface area contributed by atoms with Gasteiger partial charge in [0.15, 0.2) is 0 Å². The standard InChI is InChI=1S/C42H44N10O6/c1-5-52-33(19-29(49-52)24-12-13-24)45-38-36-26-18-32(57-4)27(35-21(2)50-58-22(35)3)17-30(26)44-37(36)47-39(48-38)41(55)43-16-7-6-9-23-10-8-11-25-28(23)20-51(42(25)56)31-14-15-34(53)46-40(31)54/h8,10-11,17-19,24,31H,5-7,9,12-16,20H2,1-4H3,(H,43,55)(H,46,53,54)(H2,44,45,47,48). The normalized spacial score (nSPS) is 16.7. The minimum Gasteiger partial charge on any atom is -0.496 e. The molecule has 58 heavy (non-hydrogen) atoms. The van der Waals surface area contributed by atoms with E-state index in [2.05, 4.69) is 32.2 Å². The number of hydrogen-bond acceptors (Lipinski definition) is 11. The topological polar surface area (TPSA) is 202 Å². The summed E-state index contributed by atoms with van der Waals surface area (Å²) in [6.07, 6.45) is 4.87. The highest BCUT2D eigenvalue weighted by atomic mass is 16.5. The molecule has 2 fully saturated rings. The molecule has 9 rings (SSSR count). The summed E-state index contributed by atoms with van der Waals surface area (Å²) in [6.45, 7) is 7.16. The second-order valence-corrected chi connectivity index (χ2v) is 15.3. The number of H-pyrrole nitrogens is 1. The van der Waals surface area contributed by atoms with Crippen LogP contribution in [0.5, 0.6) is 5.75 Å². The molecule has 2 aromatic carbocycles. The predicted molar refractivity (Wildman–Crippen MR) is 214 cm³/mol. The molecular formula is C42H44N10O6. The number of piperidine rings is 1. The Balaban J connectivity index is 0.950. The summed E-state index contributed by atoms with van der Waals surface area (Å²) >= 11 is 0. The van der Waals surface area contributed by atoms with Gasteiger partial charge < -0.3 is 29.8 Å². The number of nitrogens with zero attached hydrogens (tertiary/aromatic N) is 6. The molecule has 0 radical (unpaired) electrons. The zero-order valence-corrected chi connectivity index (χ0v) is 32.8. The van der Waals surface area contributed by atoms with E-state index in [1.165, 1.54) is 0 Å².